The number of aliphatic imine (C=N–C) groups is 2. The van der Waals surface area contributed by atoms with Gasteiger partial charge in [-0.3, -0.25) is 9.79 Å². The van der Waals surface area contributed by atoms with Gasteiger partial charge in [0.25, 0.3) is 5.91 Å². The normalized spacial score (nSPS) is 21.4. The van der Waals surface area contributed by atoms with Crippen molar-refractivity contribution < 1.29 is 4.79 Å². The minimum Gasteiger partial charge on any atom is -0.401 e. The molecule has 1 aliphatic heterocycles. The first-order chi connectivity index (χ1) is 11.8. The van der Waals surface area contributed by atoms with Crippen LogP contribution in [0.5, 0.6) is 0 Å². The molecule has 1 amide bonds. The van der Waals surface area contributed by atoms with Gasteiger partial charge in [0.2, 0.25) is 0 Å². The van der Waals surface area contributed by atoms with Crippen molar-refractivity contribution in [2.45, 2.75) is 25.8 Å². The zero-order valence-electron chi connectivity index (χ0n) is 14.5. The Balaban J connectivity index is 2.23. The van der Waals surface area contributed by atoms with Gasteiger partial charge in [-0.25, -0.2) is 4.99 Å². The minimum atomic E-state index is -0.384. The molecule has 0 saturated heterocycles. The summed E-state index contributed by atoms with van der Waals surface area (Å²) in [6, 6.07) is 7.61. The zero-order valence-corrected chi connectivity index (χ0v) is 15.3. The van der Waals surface area contributed by atoms with Crippen molar-refractivity contribution in [3.63, 3.8) is 0 Å². The molecule has 0 fully saturated rings. The maximum Gasteiger partial charge on any atom is 0.274 e. The third-order valence-corrected chi connectivity index (χ3v) is 4.57. The van der Waals surface area contributed by atoms with Crippen LogP contribution in [0.2, 0.25) is 0 Å². The zero-order chi connectivity index (χ0) is 18.4. The van der Waals surface area contributed by atoms with Gasteiger partial charge >= 0.3 is 0 Å². The Morgan fingerprint density at radius 1 is 1.52 bits per heavy atom. The number of anilines is 1. The number of nitrogens with zero attached hydrogens (tertiary/aromatic N) is 2. The Kier molecular flexibility index (Phi) is 6.03. The van der Waals surface area contributed by atoms with Crippen LogP contribution in [0.15, 0.2) is 58.8 Å². The van der Waals surface area contributed by atoms with Gasteiger partial charge in [-0.1, -0.05) is 30.5 Å². The van der Waals surface area contributed by atoms with E-state index in [0.29, 0.717) is 16.6 Å². The lowest BCUT2D eigenvalue weighted by atomic mass is 9.89. The molecule has 0 radical (unpaired) electrons. The first kappa shape index (κ1) is 18.8. The number of nitrogens with one attached hydrogen (secondary N) is 1. The van der Waals surface area contributed by atoms with E-state index in [-0.39, 0.29) is 17.2 Å². The number of rotatable bonds is 5. The summed E-state index contributed by atoms with van der Waals surface area (Å²) in [5.41, 5.74) is 13.4. The van der Waals surface area contributed by atoms with E-state index < -0.39 is 0 Å². The molecule has 25 heavy (non-hydrogen) atoms. The number of hydrogen-bond donors (Lipinski definition) is 3. The molecule has 1 atom stereocenters. The topological polar surface area (TPSA) is 106 Å². The number of amides is 1. The molecule has 1 aromatic rings. The van der Waals surface area contributed by atoms with Gasteiger partial charge < -0.3 is 16.8 Å². The molecule has 0 spiro atoms. The maximum absolute atomic E-state index is 12.3. The Morgan fingerprint density at radius 3 is 2.92 bits per heavy atom. The maximum atomic E-state index is 12.3. The third-order valence-electron chi connectivity index (χ3n) is 3.77. The van der Waals surface area contributed by atoms with Crippen LogP contribution in [0, 0.1) is 0 Å². The molecule has 0 saturated carbocycles. The summed E-state index contributed by atoms with van der Waals surface area (Å²) in [6.45, 7) is 7.36. The molecule has 2 rings (SSSR count). The molecule has 1 aromatic carbocycles. The second-order valence-electron chi connectivity index (χ2n) is 5.95. The van der Waals surface area contributed by atoms with Crippen molar-refractivity contribution in [2.24, 2.45) is 21.5 Å². The Bertz CT molecular complexity index is 764. The summed E-state index contributed by atoms with van der Waals surface area (Å²) in [5.74, 6) is 0.567. The summed E-state index contributed by atoms with van der Waals surface area (Å²) in [6.07, 6.45) is 3.70. The van der Waals surface area contributed by atoms with Crippen LogP contribution < -0.4 is 16.8 Å². The number of thioether (sulfide) groups is 1. The predicted octanol–water partition coefficient (Wildman–Crippen LogP) is 2.74. The van der Waals surface area contributed by atoms with Gasteiger partial charge in [0.1, 0.15) is 5.71 Å². The number of hydrogen-bond acceptors (Lipinski definition) is 6. The van der Waals surface area contributed by atoms with Crippen molar-refractivity contribution in [1.82, 2.24) is 0 Å². The highest BCUT2D eigenvalue weighted by molar-refractivity contribution is 8.13. The molecular formula is C18H23N5OS. The summed E-state index contributed by atoms with van der Waals surface area (Å²) in [7, 11) is 0. The lowest BCUT2D eigenvalue weighted by molar-refractivity contribution is -0.110. The second kappa shape index (κ2) is 8.02. The van der Waals surface area contributed by atoms with E-state index in [2.05, 4.69) is 21.9 Å². The van der Waals surface area contributed by atoms with Gasteiger partial charge in [-0.2, -0.15) is 0 Å². The summed E-state index contributed by atoms with van der Waals surface area (Å²) in [4.78, 5) is 21.0. The second-order valence-corrected chi connectivity index (χ2v) is 7.06. The van der Waals surface area contributed by atoms with Crippen molar-refractivity contribution in [3.05, 3.63) is 54.4 Å². The van der Waals surface area contributed by atoms with Gasteiger partial charge in [0.15, 0.2) is 5.17 Å². The third kappa shape index (κ3) is 4.96. The highest BCUT2D eigenvalue weighted by atomic mass is 32.2. The SMILES string of the molecule is C=C/C(=N\C=C(\C)N)C(=O)Nc1cccc(C2(C)CCSC(N)=N2)c1. The quantitative estimate of drug-likeness (QED) is 0.704. The van der Waals surface area contributed by atoms with E-state index in [4.69, 9.17) is 11.5 Å². The lowest BCUT2D eigenvalue weighted by Crippen LogP contribution is -2.29. The fourth-order valence-electron chi connectivity index (χ4n) is 2.40. The summed E-state index contributed by atoms with van der Waals surface area (Å²) < 4.78 is 0. The molecule has 1 unspecified atom stereocenters. The largest absolute Gasteiger partial charge is 0.401 e. The Morgan fingerprint density at radius 2 is 2.28 bits per heavy atom. The Hall–Kier alpha value is -2.54. The number of carbonyl (C=O) groups is 1. The smallest absolute Gasteiger partial charge is 0.274 e. The van der Waals surface area contributed by atoms with Crippen LogP contribution in [0.4, 0.5) is 5.69 Å². The average molecular weight is 357 g/mol. The molecule has 5 N–H and O–H groups in total. The Labute approximate surface area is 152 Å². The van der Waals surface area contributed by atoms with Crippen LogP contribution in [0.25, 0.3) is 0 Å². The van der Waals surface area contributed by atoms with E-state index >= 15 is 0 Å². The lowest BCUT2D eigenvalue weighted by Gasteiger charge is -2.30. The molecule has 0 aromatic heterocycles. The van der Waals surface area contributed by atoms with Crippen molar-refractivity contribution in [2.75, 3.05) is 11.1 Å². The van der Waals surface area contributed by atoms with Crippen molar-refractivity contribution in [1.29, 1.82) is 0 Å². The number of amidine groups is 1. The first-order valence-electron chi connectivity index (χ1n) is 7.86. The molecular weight excluding hydrogens is 334 g/mol. The van der Waals surface area contributed by atoms with E-state index in [0.717, 1.165) is 17.7 Å². The highest BCUT2D eigenvalue weighted by Crippen LogP contribution is 2.35. The van der Waals surface area contributed by atoms with Gasteiger partial charge in [-0.05, 0) is 44.0 Å². The summed E-state index contributed by atoms with van der Waals surface area (Å²) in [5, 5.41) is 3.42. The standard InChI is InChI=1S/C18H23N5OS/c1-4-15(21-11-12(2)19)16(24)22-14-7-5-6-13(10-14)18(3)8-9-25-17(20)23-18/h4-7,10-11H,1,8-9,19H2,2-3H3,(H2,20,23)(H,22,24)/b12-11-,21-15+. The van der Waals surface area contributed by atoms with E-state index in [1.54, 1.807) is 18.7 Å². The van der Waals surface area contributed by atoms with E-state index in [1.807, 2.05) is 31.2 Å². The molecule has 1 heterocycles. The average Bonchev–Trinajstić information content (AvgIpc) is 2.55. The highest BCUT2D eigenvalue weighted by Gasteiger charge is 2.29. The van der Waals surface area contributed by atoms with Gasteiger partial charge in [0, 0.05) is 23.3 Å². The van der Waals surface area contributed by atoms with Crippen molar-refractivity contribution in [3.8, 4) is 0 Å². The van der Waals surface area contributed by atoms with Crippen LogP contribution in [0.1, 0.15) is 25.8 Å². The molecule has 1 aliphatic rings. The summed E-state index contributed by atoms with van der Waals surface area (Å²) >= 11 is 1.56. The van der Waals surface area contributed by atoms with Gasteiger partial charge in [-0.15, -0.1) is 0 Å². The fraction of sp³-hybridized carbons (Fsp3) is 0.278. The number of benzene rings is 1. The molecule has 7 heteroatoms. The van der Waals surface area contributed by atoms with Crippen molar-refractivity contribution >= 4 is 34.2 Å². The molecule has 132 valence electrons. The van der Waals surface area contributed by atoms with Crippen LogP contribution in [0.3, 0.4) is 0 Å². The van der Waals surface area contributed by atoms with E-state index in [9.17, 15) is 4.79 Å². The number of nitrogens with two attached hydrogens (primary N) is 2. The number of carbonyl (C=O) groups excluding carboxylic acids is 1. The van der Waals surface area contributed by atoms with Crippen LogP contribution in [-0.2, 0) is 10.3 Å². The fourth-order valence-corrected chi connectivity index (χ4v) is 3.37. The predicted molar refractivity (Wildman–Crippen MR) is 107 cm³/mol. The molecule has 6 nitrogen and oxygen atoms in total. The van der Waals surface area contributed by atoms with Crippen LogP contribution >= 0.6 is 11.8 Å². The molecule has 0 bridgehead atoms. The monoisotopic (exact) mass is 357 g/mol. The first-order valence-corrected chi connectivity index (χ1v) is 8.85. The van der Waals surface area contributed by atoms with Gasteiger partial charge in [0.05, 0.1) is 5.54 Å². The molecule has 0 aliphatic carbocycles. The van der Waals surface area contributed by atoms with E-state index in [1.165, 1.54) is 12.3 Å². The van der Waals surface area contributed by atoms with Crippen LogP contribution in [-0.4, -0.2) is 22.5 Å². The number of allylic oxidation sites excluding steroid dienone is 1. The minimum absolute atomic E-state index is 0.192.